The van der Waals surface area contributed by atoms with E-state index in [0.29, 0.717) is 29.3 Å². The quantitative estimate of drug-likeness (QED) is 0.821. The van der Waals surface area contributed by atoms with Crippen molar-refractivity contribution in [3.63, 3.8) is 0 Å². The molecule has 1 N–H and O–H groups in total. The van der Waals surface area contributed by atoms with Crippen LogP contribution in [0.5, 0.6) is 5.75 Å². The van der Waals surface area contributed by atoms with Crippen molar-refractivity contribution < 1.29 is 19.1 Å². The molecule has 0 saturated carbocycles. The van der Waals surface area contributed by atoms with Gasteiger partial charge >= 0.3 is 5.97 Å². The minimum atomic E-state index is -0.432. The van der Waals surface area contributed by atoms with Crippen molar-refractivity contribution in [1.29, 1.82) is 0 Å². The number of nitrogens with one attached hydrogen (secondary N) is 1. The van der Waals surface area contributed by atoms with Crippen LogP contribution in [0.25, 0.3) is 0 Å². The third kappa shape index (κ3) is 4.84. The molecule has 2 rings (SSSR count). The Bertz CT molecular complexity index is 690. The van der Waals surface area contributed by atoms with E-state index in [-0.39, 0.29) is 5.91 Å². The summed E-state index contributed by atoms with van der Waals surface area (Å²) in [6.45, 7) is 4.82. The number of anilines is 1. The predicted octanol–water partition coefficient (Wildman–Crippen LogP) is 3.76. The van der Waals surface area contributed by atoms with Crippen LogP contribution in [0.2, 0.25) is 0 Å². The van der Waals surface area contributed by atoms with Crippen LogP contribution >= 0.6 is 0 Å². The summed E-state index contributed by atoms with van der Waals surface area (Å²) in [6, 6.07) is 13.5. The highest BCUT2D eigenvalue weighted by atomic mass is 16.5. The Balaban J connectivity index is 1.97. The van der Waals surface area contributed by atoms with Crippen molar-refractivity contribution in [3.8, 4) is 5.75 Å². The molecular formula is C19H21NO4. The largest absolute Gasteiger partial charge is 0.493 e. The molecule has 0 heterocycles. The first-order valence-electron chi connectivity index (χ1n) is 7.72. The van der Waals surface area contributed by atoms with E-state index in [9.17, 15) is 9.59 Å². The molecule has 24 heavy (non-hydrogen) atoms. The minimum Gasteiger partial charge on any atom is -0.493 e. The SMILES string of the molecule is COC(=O)c1ccc(C(=O)Nc2ccc(OCC(C)C)cc2)cc1. The van der Waals surface area contributed by atoms with Gasteiger partial charge in [-0.3, -0.25) is 4.79 Å². The van der Waals surface area contributed by atoms with Crippen molar-refractivity contribution in [2.45, 2.75) is 13.8 Å². The zero-order valence-corrected chi connectivity index (χ0v) is 14.0. The van der Waals surface area contributed by atoms with Crippen molar-refractivity contribution >= 4 is 17.6 Å². The number of rotatable bonds is 6. The molecule has 0 spiro atoms. The molecule has 126 valence electrons. The van der Waals surface area contributed by atoms with Crippen LogP contribution in [-0.2, 0) is 4.74 Å². The van der Waals surface area contributed by atoms with E-state index in [2.05, 4.69) is 23.9 Å². The molecule has 0 unspecified atom stereocenters. The molecule has 5 nitrogen and oxygen atoms in total. The summed E-state index contributed by atoms with van der Waals surface area (Å²) in [4.78, 5) is 23.6. The van der Waals surface area contributed by atoms with Gasteiger partial charge in [0.1, 0.15) is 5.75 Å². The van der Waals surface area contributed by atoms with Crippen molar-refractivity contribution in [2.24, 2.45) is 5.92 Å². The van der Waals surface area contributed by atoms with Gasteiger partial charge in [0.15, 0.2) is 0 Å². The Kier molecular flexibility index (Phi) is 5.95. The molecule has 0 radical (unpaired) electrons. The molecule has 0 fully saturated rings. The number of carbonyl (C=O) groups is 2. The third-order valence-corrected chi connectivity index (χ3v) is 3.26. The highest BCUT2D eigenvalue weighted by molar-refractivity contribution is 6.04. The first-order valence-corrected chi connectivity index (χ1v) is 7.72. The molecule has 0 saturated heterocycles. The van der Waals surface area contributed by atoms with Gasteiger partial charge in [-0.05, 0) is 54.4 Å². The Morgan fingerprint density at radius 2 is 1.54 bits per heavy atom. The number of amides is 1. The molecule has 1 amide bonds. The standard InChI is InChI=1S/C19H21NO4/c1-13(2)12-24-17-10-8-16(9-11-17)20-18(21)14-4-6-15(7-5-14)19(22)23-3/h4-11,13H,12H2,1-3H3,(H,20,21). The fourth-order valence-electron chi connectivity index (χ4n) is 1.98. The van der Waals surface area contributed by atoms with E-state index in [4.69, 9.17) is 4.74 Å². The maximum Gasteiger partial charge on any atom is 0.337 e. The van der Waals surface area contributed by atoms with Gasteiger partial charge < -0.3 is 14.8 Å². The van der Waals surface area contributed by atoms with Crippen LogP contribution in [0.15, 0.2) is 48.5 Å². The molecule has 0 aliphatic heterocycles. The van der Waals surface area contributed by atoms with Crippen LogP contribution in [0.4, 0.5) is 5.69 Å². The van der Waals surface area contributed by atoms with E-state index in [1.165, 1.54) is 7.11 Å². The maximum absolute atomic E-state index is 12.2. The van der Waals surface area contributed by atoms with Gasteiger partial charge in [0.05, 0.1) is 19.3 Å². The molecule has 0 aliphatic rings. The van der Waals surface area contributed by atoms with Gasteiger partial charge in [-0.15, -0.1) is 0 Å². The molecule has 0 bridgehead atoms. The van der Waals surface area contributed by atoms with Gasteiger partial charge in [-0.1, -0.05) is 13.8 Å². The summed E-state index contributed by atoms with van der Waals surface area (Å²) in [5.41, 5.74) is 1.54. The van der Waals surface area contributed by atoms with Crippen LogP contribution in [0.3, 0.4) is 0 Å². The first-order chi connectivity index (χ1) is 11.5. The summed E-state index contributed by atoms with van der Waals surface area (Å²) in [5.74, 6) is 0.544. The second-order valence-corrected chi connectivity index (χ2v) is 5.75. The van der Waals surface area contributed by atoms with Crippen molar-refractivity contribution in [1.82, 2.24) is 0 Å². The average molecular weight is 327 g/mol. The van der Waals surface area contributed by atoms with Gasteiger partial charge in [-0.25, -0.2) is 4.79 Å². The summed E-state index contributed by atoms with van der Waals surface area (Å²) in [5, 5.41) is 2.80. The number of esters is 1. The highest BCUT2D eigenvalue weighted by Gasteiger charge is 2.09. The smallest absolute Gasteiger partial charge is 0.337 e. The maximum atomic E-state index is 12.2. The lowest BCUT2D eigenvalue weighted by atomic mass is 10.1. The molecule has 0 atom stereocenters. The van der Waals surface area contributed by atoms with Crippen LogP contribution in [0, 0.1) is 5.92 Å². The summed E-state index contributed by atoms with van der Waals surface area (Å²) < 4.78 is 10.2. The van der Waals surface area contributed by atoms with E-state index >= 15 is 0 Å². The molecule has 2 aromatic rings. The molecule has 0 aromatic heterocycles. The predicted molar refractivity (Wildman–Crippen MR) is 92.5 cm³/mol. The third-order valence-electron chi connectivity index (χ3n) is 3.26. The van der Waals surface area contributed by atoms with Gasteiger partial charge in [0.2, 0.25) is 0 Å². The van der Waals surface area contributed by atoms with E-state index in [1.54, 1.807) is 36.4 Å². The molecule has 0 aliphatic carbocycles. The average Bonchev–Trinajstić information content (AvgIpc) is 2.60. The van der Waals surface area contributed by atoms with Crippen LogP contribution in [-0.4, -0.2) is 25.6 Å². The van der Waals surface area contributed by atoms with E-state index < -0.39 is 5.97 Å². The molecular weight excluding hydrogens is 306 g/mol. The zero-order chi connectivity index (χ0) is 17.5. The highest BCUT2D eigenvalue weighted by Crippen LogP contribution is 2.17. The number of ether oxygens (including phenoxy) is 2. The topological polar surface area (TPSA) is 64.6 Å². The Morgan fingerprint density at radius 1 is 0.958 bits per heavy atom. The Labute approximate surface area is 141 Å². The fraction of sp³-hybridized carbons (Fsp3) is 0.263. The monoisotopic (exact) mass is 327 g/mol. The minimum absolute atomic E-state index is 0.248. The summed E-state index contributed by atoms with van der Waals surface area (Å²) in [7, 11) is 1.32. The van der Waals surface area contributed by atoms with Crippen molar-refractivity contribution in [2.75, 3.05) is 19.0 Å². The number of benzene rings is 2. The van der Waals surface area contributed by atoms with Crippen LogP contribution < -0.4 is 10.1 Å². The molecule has 2 aromatic carbocycles. The van der Waals surface area contributed by atoms with Gasteiger partial charge in [0.25, 0.3) is 5.91 Å². The summed E-state index contributed by atoms with van der Waals surface area (Å²) >= 11 is 0. The van der Waals surface area contributed by atoms with Gasteiger partial charge in [-0.2, -0.15) is 0 Å². The first kappa shape index (κ1) is 17.5. The lowest BCUT2D eigenvalue weighted by molar-refractivity contribution is 0.0600. The number of carbonyl (C=O) groups excluding carboxylic acids is 2. The number of hydrogen-bond donors (Lipinski definition) is 1. The van der Waals surface area contributed by atoms with Crippen molar-refractivity contribution in [3.05, 3.63) is 59.7 Å². The molecule has 5 heteroatoms. The second-order valence-electron chi connectivity index (χ2n) is 5.75. The number of methoxy groups -OCH3 is 1. The summed E-state index contributed by atoms with van der Waals surface area (Å²) in [6.07, 6.45) is 0. The number of hydrogen-bond acceptors (Lipinski definition) is 4. The second kappa shape index (κ2) is 8.15. The van der Waals surface area contributed by atoms with Gasteiger partial charge in [0, 0.05) is 11.3 Å². The van der Waals surface area contributed by atoms with E-state index in [0.717, 1.165) is 5.75 Å². The van der Waals surface area contributed by atoms with E-state index in [1.807, 2.05) is 12.1 Å². The van der Waals surface area contributed by atoms with Crippen LogP contribution in [0.1, 0.15) is 34.6 Å². The lowest BCUT2D eigenvalue weighted by Gasteiger charge is -2.10. The normalized spacial score (nSPS) is 10.3. The zero-order valence-electron chi connectivity index (χ0n) is 14.0. The Morgan fingerprint density at radius 3 is 2.08 bits per heavy atom. The fourth-order valence-corrected chi connectivity index (χ4v) is 1.98. The lowest BCUT2D eigenvalue weighted by Crippen LogP contribution is -2.12. The Hall–Kier alpha value is -2.82.